The standard InChI is InChI=1S/C18H17.2ClH.Zr/c1-3-14-11-16-5-4-6-17(18(16)12-14)15-9-7-13(2)8-10-15;;;/h4-12H,3H2,1-2H3;2*1H;/q-1;;;+2/p-2. The van der Waals surface area contributed by atoms with Crippen molar-refractivity contribution in [3.05, 3.63) is 65.7 Å². The molecule has 3 rings (SSSR count). The summed E-state index contributed by atoms with van der Waals surface area (Å²) in [5, 5.41) is 2.73. The Morgan fingerprint density at radius 1 is 1.05 bits per heavy atom. The fraction of sp³-hybridized carbons (Fsp3) is 0.167. The van der Waals surface area contributed by atoms with Crippen molar-refractivity contribution in [1.82, 2.24) is 0 Å². The van der Waals surface area contributed by atoms with E-state index in [9.17, 15) is 0 Å². The van der Waals surface area contributed by atoms with Crippen LogP contribution >= 0.6 is 17.0 Å². The normalized spacial score (nSPS) is 10.1. The quantitative estimate of drug-likeness (QED) is 0.436. The molecule has 0 aliphatic rings. The van der Waals surface area contributed by atoms with Crippen LogP contribution in [0.3, 0.4) is 0 Å². The second-order valence-corrected chi connectivity index (χ2v) is 8.69. The number of benzene rings is 2. The maximum atomic E-state index is 4.93. The average Bonchev–Trinajstić information content (AvgIpc) is 2.92. The van der Waals surface area contributed by atoms with E-state index in [1.165, 1.54) is 33.0 Å². The summed E-state index contributed by atoms with van der Waals surface area (Å²) in [6, 6.07) is 20.0. The van der Waals surface area contributed by atoms with Crippen molar-refractivity contribution in [3.63, 3.8) is 0 Å². The molecule has 0 fully saturated rings. The first-order valence-corrected chi connectivity index (χ1v) is 13.2. The van der Waals surface area contributed by atoms with Crippen molar-refractivity contribution >= 4 is 27.8 Å². The van der Waals surface area contributed by atoms with E-state index in [2.05, 4.69) is 68.4 Å². The molecule has 3 aromatic rings. The number of halogens is 2. The van der Waals surface area contributed by atoms with Crippen LogP contribution in [-0.2, 0) is 27.3 Å². The van der Waals surface area contributed by atoms with E-state index in [1.807, 2.05) is 0 Å². The number of rotatable bonds is 2. The number of hydrogen-bond donors (Lipinski definition) is 0. The topological polar surface area (TPSA) is 0 Å². The molecular formula is C18H17Cl2Zr-. The van der Waals surface area contributed by atoms with Gasteiger partial charge in [0, 0.05) is 0 Å². The van der Waals surface area contributed by atoms with Gasteiger partial charge < -0.3 is 0 Å². The van der Waals surface area contributed by atoms with Crippen molar-refractivity contribution in [2.45, 2.75) is 20.3 Å². The Kier molecular flexibility index (Phi) is 6.61. The SMILES string of the molecule is CCc1cc2c(-c3ccc(C)cc3)cccc2[cH-]1.[Cl][Zr][Cl]. The summed E-state index contributed by atoms with van der Waals surface area (Å²) < 4.78 is 0. The van der Waals surface area contributed by atoms with Gasteiger partial charge in [-0.3, -0.25) is 0 Å². The number of aryl methyl sites for hydroxylation is 2. The first kappa shape index (κ1) is 16.9. The van der Waals surface area contributed by atoms with E-state index in [0.717, 1.165) is 6.42 Å². The molecule has 0 nitrogen and oxygen atoms in total. The fourth-order valence-corrected chi connectivity index (χ4v) is 2.49. The molecule has 0 saturated heterocycles. The van der Waals surface area contributed by atoms with Crippen molar-refractivity contribution in [2.24, 2.45) is 0 Å². The van der Waals surface area contributed by atoms with Crippen LogP contribution in [-0.4, -0.2) is 0 Å². The van der Waals surface area contributed by atoms with Crippen LogP contribution in [0.15, 0.2) is 54.6 Å². The van der Waals surface area contributed by atoms with Crippen LogP contribution in [0.1, 0.15) is 18.1 Å². The molecule has 0 unspecified atom stereocenters. The third-order valence-corrected chi connectivity index (χ3v) is 3.58. The molecule has 0 N–H and O–H groups in total. The second kappa shape index (κ2) is 8.23. The van der Waals surface area contributed by atoms with E-state index in [-0.39, 0.29) is 0 Å². The van der Waals surface area contributed by atoms with Crippen molar-refractivity contribution in [1.29, 1.82) is 0 Å². The second-order valence-electron chi connectivity index (χ2n) is 4.96. The van der Waals surface area contributed by atoms with E-state index < -0.39 is 20.8 Å². The molecule has 0 saturated carbocycles. The predicted octanol–water partition coefficient (Wildman–Crippen LogP) is 6.47. The minimum atomic E-state index is -0.826. The summed E-state index contributed by atoms with van der Waals surface area (Å²) in [7, 11) is 9.87. The minimum absolute atomic E-state index is 0.826. The van der Waals surface area contributed by atoms with Gasteiger partial charge >= 0.3 is 37.9 Å². The molecule has 108 valence electrons. The summed E-state index contributed by atoms with van der Waals surface area (Å²) in [4.78, 5) is 0. The Morgan fingerprint density at radius 2 is 1.71 bits per heavy atom. The van der Waals surface area contributed by atoms with Crippen LogP contribution in [0, 0.1) is 6.92 Å². The molecule has 0 aromatic heterocycles. The predicted molar refractivity (Wildman–Crippen MR) is 90.8 cm³/mol. The number of fused-ring (bicyclic) bond motifs is 1. The molecule has 0 amide bonds. The van der Waals surface area contributed by atoms with Crippen LogP contribution in [0.5, 0.6) is 0 Å². The van der Waals surface area contributed by atoms with Gasteiger partial charge in [-0.1, -0.05) is 48.4 Å². The van der Waals surface area contributed by atoms with E-state index in [0.29, 0.717) is 0 Å². The molecule has 3 heteroatoms. The summed E-state index contributed by atoms with van der Waals surface area (Å²) in [5.74, 6) is 0. The van der Waals surface area contributed by atoms with E-state index >= 15 is 0 Å². The van der Waals surface area contributed by atoms with Gasteiger partial charge in [0.15, 0.2) is 0 Å². The maximum absolute atomic E-state index is 4.93. The van der Waals surface area contributed by atoms with Crippen LogP contribution in [0.4, 0.5) is 0 Å². The molecule has 0 bridgehead atoms. The van der Waals surface area contributed by atoms with Gasteiger partial charge in [0.05, 0.1) is 0 Å². The summed E-state index contributed by atoms with van der Waals surface area (Å²) >= 11 is -0.826. The van der Waals surface area contributed by atoms with Crippen molar-refractivity contribution in [2.75, 3.05) is 0 Å². The molecule has 0 spiro atoms. The van der Waals surface area contributed by atoms with Crippen molar-refractivity contribution < 1.29 is 20.8 Å². The summed E-state index contributed by atoms with van der Waals surface area (Å²) in [5.41, 5.74) is 5.37. The van der Waals surface area contributed by atoms with Crippen LogP contribution in [0.2, 0.25) is 0 Å². The van der Waals surface area contributed by atoms with Gasteiger partial charge in [0.1, 0.15) is 0 Å². The van der Waals surface area contributed by atoms with Gasteiger partial charge in [0.25, 0.3) is 0 Å². The summed E-state index contributed by atoms with van der Waals surface area (Å²) in [6.07, 6.45) is 1.10. The first-order valence-electron chi connectivity index (χ1n) is 6.91. The molecular weight excluding hydrogens is 378 g/mol. The van der Waals surface area contributed by atoms with Gasteiger partial charge in [0.2, 0.25) is 0 Å². The van der Waals surface area contributed by atoms with Gasteiger partial charge in [-0.2, -0.15) is 6.07 Å². The Balaban J connectivity index is 0.000000497. The molecule has 0 atom stereocenters. The molecule has 3 aromatic carbocycles. The third-order valence-electron chi connectivity index (χ3n) is 3.58. The van der Waals surface area contributed by atoms with Gasteiger partial charge in [-0.25, -0.2) is 0 Å². The molecule has 0 heterocycles. The zero-order chi connectivity index (χ0) is 15.2. The van der Waals surface area contributed by atoms with Gasteiger partial charge in [-0.05, 0) is 18.9 Å². The zero-order valence-electron chi connectivity index (χ0n) is 12.2. The monoisotopic (exact) mass is 393 g/mol. The summed E-state index contributed by atoms with van der Waals surface area (Å²) in [6.45, 7) is 4.34. The number of hydrogen-bond acceptors (Lipinski definition) is 0. The third kappa shape index (κ3) is 4.25. The first-order chi connectivity index (χ1) is 10.2. The Morgan fingerprint density at radius 3 is 2.33 bits per heavy atom. The molecule has 21 heavy (non-hydrogen) atoms. The van der Waals surface area contributed by atoms with Crippen LogP contribution in [0.25, 0.3) is 21.9 Å². The average molecular weight is 395 g/mol. The van der Waals surface area contributed by atoms with Crippen LogP contribution < -0.4 is 0 Å². The fourth-order valence-electron chi connectivity index (χ4n) is 2.49. The van der Waals surface area contributed by atoms with Crippen molar-refractivity contribution in [3.8, 4) is 11.1 Å². The van der Waals surface area contributed by atoms with E-state index in [4.69, 9.17) is 17.0 Å². The van der Waals surface area contributed by atoms with E-state index in [1.54, 1.807) is 0 Å². The molecule has 0 radical (unpaired) electrons. The van der Waals surface area contributed by atoms with Gasteiger partial charge in [-0.15, -0.1) is 34.5 Å². The Bertz CT molecular complexity index is 699. The zero-order valence-corrected chi connectivity index (χ0v) is 16.1. The Hall–Kier alpha value is -0.487. The molecule has 0 aliphatic carbocycles. The molecule has 0 aliphatic heterocycles. The Labute approximate surface area is 145 Å².